The Kier molecular flexibility index (Phi) is 9.18. The lowest BCUT2D eigenvalue weighted by molar-refractivity contribution is -0.147. The van der Waals surface area contributed by atoms with Crippen LogP contribution < -0.4 is 4.90 Å². The number of hydrogen-bond acceptors (Lipinski definition) is 5. The summed E-state index contributed by atoms with van der Waals surface area (Å²) in [5, 5.41) is 10.6. The summed E-state index contributed by atoms with van der Waals surface area (Å²) in [5.74, 6) is -2.72. The third-order valence-corrected chi connectivity index (χ3v) is 10.0. The van der Waals surface area contributed by atoms with Gasteiger partial charge in [0.2, 0.25) is 11.8 Å². The van der Waals surface area contributed by atoms with E-state index in [1.165, 1.54) is 9.80 Å². The minimum Gasteiger partial charge on any atom is -0.394 e. The number of aliphatic hydroxyl groups is 1. The molecular formula is C33H37BrClN3O5. The van der Waals surface area contributed by atoms with E-state index in [1.54, 1.807) is 30.0 Å². The molecule has 1 N–H and O–H groups in total. The van der Waals surface area contributed by atoms with Crippen LogP contribution in [0.4, 0.5) is 5.69 Å². The number of amides is 3. The summed E-state index contributed by atoms with van der Waals surface area (Å²) in [5.41, 5.74) is 0.974. The molecule has 0 aromatic heterocycles. The highest BCUT2D eigenvalue weighted by atomic mass is 79.9. The molecule has 0 saturated carbocycles. The van der Waals surface area contributed by atoms with Crippen molar-refractivity contribution in [3.63, 3.8) is 0 Å². The monoisotopic (exact) mass is 669 g/mol. The Hall–Kier alpha value is -2.98. The lowest BCUT2D eigenvalue weighted by Crippen LogP contribution is -2.59. The molecule has 3 aliphatic heterocycles. The number of rotatable bonds is 11. The van der Waals surface area contributed by atoms with Gasteiger partial charge >= 0.3 is 0 Å². The summed E-state index contributed by atoms with van der Waals surface area (Å²) in [4.78, 5) is 47.9. The van der Waals surface area contributed by atoms with Crippen LogP contribution >= 0.6 is 27.5 Å². The van der Waals surface area contributed by atoms with Gasteiger partial charge in [-0.25, -0.2) is 0 Å². The molecule has 8 nitrogen and oxygen atoms in total. The number of aryl methyl sites for hydroxylation is 1. The molecule has 0 radical (unpaired) electrons. The summed E-state index contributed by atoms with van der Waals surface area (Å²) in [6, 6.07) is 13.2. The molecule has 3 fully saturated rings. The van der Waals surface area contributed by atoms with E-state index in [4.69, 9.17) is 16.3 Å². The number of alkyl halides is 1. The molecule has 2 aromatic rings. The zero-order valence-corrected chi connectivity index (χ0v) is 26.7. The first-order chi connectivity index (χ1) is 20.6. The molecule has 228 valence electrons. The van der Waals surface area contributed by atoms with Crippen molar-refractivity contribution in [1.29, 1.82) is 0 Å². The fraction of sp³-hybridized carbons (Fsp3) is 0.424. The Morgan fingerprint density at radius 3 is 2.49 bits per heavy atom. The zero-order chi connectivity index (χ0) is 31.1. The van der Waals surface area contributed by atoms with Crippen LogP contribution in [-0.4, -0.2) is 80.9 Å². The highest BCUT2D eigenvalue weighted by Gasteiger charge is 2.77. The van der Waals surface area contributed by atoms with Gasteiger partial charge in [0.05, 0.1) is 41.3 Å². The Balaban J connectivity index is 1.59. The first-order valence-electron chi connectivity index (χ1n) is 14.5. The first kappa shape index (κ1) is 31.4. The van der Waals surface area contributed by atoms with Gasteiger partial charge in [-0.05, 0) is 37.5 Å². The molecule has 3 aliphatic rings. The number of hydrogen-bond donors (Lipinski definition) is 1. The summed E-state index contributed by atoms with van der Waals surface area (Å²) < 4.78 is 6.69. The third-order valence-electron chi connectivity index (χ3n) is 8.90. The molecule has 3 heterocycles. The third kappa shape index (κ3) is 5.24. The molecule has 2 bridgehead atoms. The van der Waals surface area contributed by atoms with Crippen molar-refractivity contribution in [1.82, 2.24) is 9.80 Å². The van der Waals surface area contributed by atoms with Gasteiger partial charge in [-0.2, -0.15) is 0 Å². The smallest absolute Gasteiger partial charge is 0.253 e. The lowest BCUT2D eigenvalue weighted by atomic mass is 9.70. The van der Waals surface area contributed by atoms with Crippen molar-refractivity contribution in [2.75, 3.05) is 24.6 Å². The van der Waals surface area contributed by atoms with Gasteiger partial charge in [-0.15, -0.1) is 13.2 Å². The van der Waals surface area contributed by atoms with Gasteiger partial charge < -0.3 is 24.5 Å². The Morgan fingerprint density at radius 1 is 1.16 bits per heavy atom. The molecule has 10 heteroatoms. The molecule has 7 atom stereocenters. The van der Waals surface area contributed by atoms with Gasteiger partial charge in [-0.3, -0.25) is 14.4 Å². The fourth-order valence-corrected chi connectivity index (χ4v) is 8.39. The highest BCUT2D eigenvalue weighted by Crippen LogP contribution is 2.61. The predicted octanol–water partition coefficient (Wildman–Crippen LogP) is 4.51. The number of benzene rings is 2. The average molecular weight is 671 g/mol. The van der Waals surface area contributed by atoms with E-state index in [-0.39, 0.29) is 36.3 Å². The number of halogens is 2. The maximum atomic E-state index is 14.7. The second-order valence-corrected chi connectivity index (χ2v) is 13.2. The topological polar surface area (TPSA) is 90.4 Å². The lowest BCUT2D eigenvalue weighted by Gasteiger charge is -2.39. The number of anilines is 1. The number of likely N-dealkylation sites (tertiary alicyclic amines) is 1. The highest BCUT2D eigenvalue weighted by molar-refractivity contribution is 9.09. The standard InChI is InChI=1S/C33H37BrClN3O5/c1-5-15-36(18-22-12-8-7-9-13-22)30(40)25-26-31(41)38(21(4)19-39)29(33(26)17-23(34)28(25)43-33)32(42)37(16-6-2)27-20(3)11-10-14-24(27)35/h5-14,21,23,25-26,28-29,39H,1-2,15-19H2,3-4H3/t21-,23?,25+,26+,28+,29?,33?/m1/s1. The number of carbonyl (C=O) groups is 3. The molecule has 3 unspecified atom stereocenters. The van der Waals surface area contributed by atoms with Crippen LogP contribution in [0.1, 0.15) is 24.5 Å². The molecule has 3 saturated heterocycles. The van der Waals surface area contributed by atoms with Crippen LogP contribution in [0.15, 0.2) is 73.8 Å². The molecule has 43 heavy (non-hydrogen) atoms. The molecule has 2 aromatic carbocycles. The van der Waals surface area contributed by atoms with Crippen molar-refractivity contribution in [3.8, 4) is 0 Å². The van der Waals surface area contributed by atoms with Crippen molar-refractivity contribution < 1.29 is 24.2 Å². The zero-order valence-electron chi connectivity index (χ0n) is 24.4. The van der Waals surface area contributed by atoms with Crippen molar-refractivity contribution >= 4 is 50.9 Å². The quantitative estimate of drug-likeness (QED) is 0.281. The van der Waals surface area contributed by atoms with Gasteiger partial charge in [0.15, 0.2) is 0 Å². The normalized spacial score (nSPS) is 28.0. The van der Waals surface area contributed by atoms with Crippen LogP contribution in [0.2, 0.25) is 5.02 Å². The Labute approximate surface area is 266 Å². The second kappa shape index (κ2) is 12.6. The number of ether oxygens (including phenoxy) is 1. The first-order valence-corrected chi connectivity index (χ1v) is 15.8. The molecule has 3 amide bonds. The molecule has 5 rings (SSSR count). The number of aliphatic hydroxyl groups excluding tert-OH is 1. The number of nitrogens with zero attached hydrogens (tertiary/aromatic N) is 3. The summed E-state index contributed by atoms with van der Waals surface area (Å²) >= 11 is 10.4. The summed E-state index contributed by atoms with van der Waals surface area (Å²) in [6.07, 6.45) is 3.02. The van der Waals surface area contributed by atoms with Crippen LogP contribution in [0.25, 0.3) is 0 Å². The number of para-hydroxylation sites is 1. The van der Waals surface area contributed by atoms with Gasteiger partial charge in [0.25, 0.3) is 5.91 Å². The minimum absolute atomic E-state index is 0.143. The molecule has 1 spiro atoms. The Bertz CT molecular complexity index is 1400. The maximum absolute atomic E-state index is 14.7. The predicted molar refractivity (Wildman–Crippen MR) is 170 cm³/mol. The van der Waals surface area contributed by atoms with Crippen LogP contribution in [0, 0.1) is 18.8 Å². The fourth-order valence-electron chi connectivity index (χ4n) is 7.13. The molecule has 0 aliphatic carbocycles. The van der Waals surface area contributed by atoms with E-state index in [0.717, 1.165) is 11.1 Å². The van der Waals surface area contributed by atoms with E-state index < -0.39 is 41.5 Å². The number of carbonyl (C=O) groups excluding carboxylic acids is 3. The van der Waals surface area contributed by atoms with Crippen LogP contribution in [-0.2, 0) is 25.7 Å². The van der Waals surface area contributed by atoms with Crippen molar-refractivity contribution in [2.24, 2.45) is 11.8 Å². The van der Waals surface area contributed by atoms with Crippen LogP contribution in [0.3, 0.4) is 0 Å². The van der Waals surface area contributed by atoms with Gasteiger partial charge in [-0.1, -0.05) is 82.1 Å². The maximum Gasteiger partial charge on any atom is 0.253 e. The summed E-state index contributed by atoms with van der Waals surface area (Å²) in [7, 11) is 0. The SMILES string of the molecule is C=CCN(Cc1ccccc1)C(=O)[C@H]1[C@H]2C(=O)N([C@H](C)CO)C(C(=O)N(CC=C)c3c(C)cccc3Cl)C23CC(Br)[C@@H]1O3. The number of fused-ring (bicyclic) bond motifs is 1. The van der Waals surface area contributed by atoms with Crippen LogP contribution in [0.5, 0.6) is 0 Å². The minimum atomic E-state index is -1.28. The van der Waals surface area contributed by atoms with E-state index >= 15 is 0 Å². The average Bonchev–Trinajstić information content (AvgIpc) is 3.59. The second-order valence-electron chi connectivity index (χ2n) is 11.6. The van der Waals surface area contributed by atoms with Gasteiger partial charge in [0.1, 0.15) is 11.6 Å². The molecular weight excluding hydrogens is 634 g/mol. The summed E-state index contributed by atoms with van der Waals surface area (Å²) in [6.45, 7) is 11.7. The Morgan fingerprint density at radius 2 is 1.86 bits per heavy atom. The van der Waals surface area contributed by atoms with Gasteiger partial charge in [0, 0.05) is 24.5 Å². The van der Waals surface area contributed by atoms with Crippen molar-refractivity contribution in [2.45, 2.75) is 55.4 Å². The van der Waals surface area contributed by atoms with Crippen molar-refractivity contribution in [3.05, 3.63) is 90.0 Å². The van der Waals surface area contributed by atoms with E-state index in [1.807, 2.05) is 49.4 Å². The largest absolute Gasteiger partial charge is 0.394 e. The van der Waals surface area contributed by atoms with E-state index in [9.17, 15) is 19.5 Å². The van der Waals surface area contributed by atoms with E-state index in [2.05, 4.69) is 29.1 Å². The van der Waals surface area contributed by atoms with E-state index in [0.29, 0.717) is 23.7 Å².